The number of rotatable bonds is 5. The molecule has 0 aliphatic rings. The molecule has 1 amide bonds. The molecule has 8 heteroatoms. The quantitative estimate of drug-likeness (QED) is 0.815. The zero-order chi connectivity index (χ0) is 16.1. The molecule has 2 rings (SSSR count). The Hall–Kier alpha value is -2.32. The Morgan fingerprint density at radius 2 is 2.27 bits per heavy atom. The van der Waals surface area contributed by atoms with Gasteiger partial charge in [-0.25, -0.2) is 14.2 Å². The molecule has 0 radical (unpaired) electrons. The van der Waals surface area contributed by atoms with Crippen LogP contribution in [0.2, 0.25) is 0 Å². The summed E-state index contributed by atoms with van der Waals surface area (Å²) in [5.41, 5.74) is 6.53. The minimum absolute atomic E-state index is 0.113. The van der Waals surface area contributed by atoms with Crippen molar-refractivity contribution in [3.63, 3.8) is 0 Å². The minimum atomic E-state index is -0.854. The van der Waals surface area contributed by atoms with Crippen LogP contribution in [0.25, 0.3) is 0 Å². The number of anilines is 1. The van der Waals surface area contributed by atoms with Crippen LogP contribution >= 0.6 is 11.3 Å². The lowest BCUT2D eigenvalue weighted by atomic mass is 10.1. The number of methoxy groups -OCH3 is 1. The van der Waals surface area contributed by atoms with E-state index in [1.165, 1.54) is 24.6 Å². The van der Waals surface area contributed by atoms with E-state index in [2.05, 4.69) is 15.0 Å². The van der Waals surface area contributed by atoms with Gasteiger partial charge in [0, 0.05) is 5.38 Å². The Balaban J connectivity index is 1.96. The molecule has 0 saturated heterocycles. The molecule has 0 bridgehead atoms. The molecule has 0 spiro atoms. The number of hydrogen-bond donors (Lipinski definition) is 2. The first kappa shape index (κ1) is 16.1. The molecule has 1 atom stereocenters. The van der Waals surface area contributed by atoms with E-state index in [-0.39, 0.29) is 23.1 Å². The van der Waals surface area contributed by atoms with Gasteiger partial charge in [-0.05, 0) is 24.1 Å². The van der Waals surface area contributed by atoms with Crippen LogP contribution in [0.3, 0.4) is 0 Å². The second-order valence-corrected chi connectivity index (χ2v) is 5.32. The SMILES string of the molecule is COC(=O)c1csc(NC(=O)C(N)Cc2cccc(F)c2)n1. The van der Waals surface area contributed by atoms with Crippen LogP contribution in [0.5, 0.6) is 0 Å². The molecule has 0 saturated carbocycles. The normalized spacial score (nSPS) is 11.8. The molecular formula is C14H14FN3O3S. The number of ether oxygens (including phenoxy) is 1. The largest absolute Gasteiger partial charge is 0.464 e. The van der Waals surface area contributed by atoms with E-state index in [9.17, 15) is 14.0 Å². The first-order chi connectivity index (χ1) is 10.5. The third-order valence-electron chi connectivity index (χ3n) is 2.81. The van der Waals surface area contributed by atoms with Crippen LogP contribution in [-0.2, 0) is 16.0 Å². The topological polar surface area (TPSA) is 94.3 Å². The summed E-state index contributed by atoms with van der Waals surface area (Å²) in [5.74, 6) is -1.43. The molecule has 2 aromatic rings. The Bertz CT molecular complexity index is 689. The van der Waals surface area contributed by atoms with Crippen molar-refractivity contribution in [3.05, 3.63) is 46.7 Å². The van der Waals surface area contributed by atoms with Crippen molar-refractivity contribution in [2.75, 3.05) is 12.4 Å². The van der Waals surface area contributed by atoms with Gasteiger partial charge in [0.1, 0.15) is 5.82 Å². The van der Waals surface area contributed by atoms with Gasteiger partial charge in [-0.2, -0.15) is 0 Å². The van der Waals surface area contributed by atoms with Gasteiger partial charge >= 0.3 is 5.97 Å². The Kier molecular flexibility index (Phi) is 5.18. The fraction of sp³-hybridized carbons (Fsp3) is 0.214. The van der Waals surface area contributed by atoms with Crippen LogP contribution < -0.4 is 11.1 Å². The van der Waals surface area contributed by atoms with Crippen molar-refractivity contribution in [1.29, 1.82) is 0 Å². The Labute approximate surface area is 130 Å². The van der Waals surface area contributed by atoms with Crippen LogP contribution in [0.4, 0.5) is 9.52 Å². The van der Waals surface area contributed by atoms with E-state index in [0.29, 0.717) is 5.56 Å². The van der Waals surface area contributed by atoms with Gasteiger partial charge in [0.15, 0.2) is 10.8 Å². The lowest BCUT2D eigenvalue weighted by Gasteiger charge is -2.10. The Morgan fingerprint density at radius 3 is 2.95 bits per heavy atom. The molecular weight excluding hydrogens is 309 g/mol. The molecule has 1 heterocycles. The third-order valence-corrected chi connectivity index (χ3v) is 3.57. The second kappa shape index (κ2) is 7.10. The van der Waals surface area contributed by atoms with E-state index in [0.717, 1.165) is 11.3 Å². The number of carbonyl (C=O) groups excluding carboxylic acids is 2. The zero-order valence-electron chi connectivity index (χ0n) is 11.7. The van der Waals surface area contributed by atoms with Gasteiger partial charge in [0.2, 0.25) is 5.91 Å². The number of thiazole rings is 1. The predicted octanol–water partition coefficient (Wildman–Crippen LogP) is 1.58. The fourth-order valence-electron chi connectivity index (χ4n) is 1.74. The van der Waals surface area contributed by atoms with E-state index in [4.69, 9.17) is 5.73 Å². The number of nitrogens with two attached hydrogens (primary N) is 1. The number of carbonyl (C=O) groups is 2. The van der Waals surface area contributed by atoms with Gasteiger partial charge in [-0.3, -0.25) is 4.79 Å². The van der Waals surface area contributed by atoms with Crippen molar-refractivity contribution < 1.29 is 18.7 Å². The lowest BCUT2D eigenvalue weighted by Crippen LogP contribution is -2.37. The number of esters is 1. The summed E-state index contributed by atoms with van der Waals surface area (Å²) < 4.78 is 17.6. The van der Waals surface area contributed by atoms with Crippen LogP contribution in [0.15, 0.2) is 29.6 Å². The van der Waals surface area contributed by atoms with Crippen molar-refractivity contribution in [2.24, 2.45) is 5.73 Å². The van der Waals surface area contributed by atoms with E-state index >= 15 is 0 Å². The van der Waals surface area contributed by atoms with Crippen molar-refractivity contribution in [3.8, 4) is 0 Å². The maximum absolute atomic E-state index is 13.1. The summed E-state index contributed by atoms with van der Waals surface area (Å²) in [4.78, 5) is 27.2. The fourth-order valence-corrected chi connectivity index (χ4v) is 2.42. The molecule has 0 aliphatic carbocycles. The highest BCUT2D eigenvalue weighted by Crippen LogP contribution is 2.16. The lowest BCUT2D eigenvalue weighted by molar-refractivity contribution is -0.117. The number of nitrogens with zero attached hydrogens (tertiary/aromatic N) is 1. The molecule has 1 aromatic heterocycles. The van der Waals surface area contributed by atoms with Crippen LogP contribution in [0.1, 0.15) is 16.1 Å². The third kappa shape index (κ3) is 4.09. The predicted molar refractivity (Wildman–Crippen MR) is 80.2 cm³/mol. The average Bonchev–Trinajstić information content (AvgIpc) is 2.95. The minimum Gasteiger partial charge on any atom is -0.464 e. The molecule has 3 N–H and O–H groups in total. The highest BCUT2D eigenvalue weighted by atomic mass is 32.1. The smallest absolute Gasteiger partial charge is 0.357 e. The van der Waals surface area contributed by atoms with Gasteiger partial charge in [0.05, 0.1) is 13.2 Å². The van der Waals surface area contributed by atoms with E-state index in [1.807, 2.05) is 0 Å². The highest BCUT2D eigenvalue weighted by Gasteiger charge is 2.17. The number of nitrogens with one attached hydrogen (secondary N) is 1. The van der Waals surface area contributed by atoms with Gasteiger partial charge in [-0.15, -0.1) is 11.3 Å². The second-order valence-electron chi connectivity index (χ2n) is 4.46. The molecule has 0 aliphatic heterocycles. The van der Waals surface area contributed by atoms with Crippen molar-refractivity contribution in [2.45, 2.75) is 12.5 Å². The molecule has 0 fully saturated rings. The summed E-state index contributed by atoms with van der Waals surface area (Å²) >= 11 is 1.09. The molecule has 22 heavy (non-hydrogen) atoms. The highest BCUT2D eigenvalue weighted by molar-refractivity contribution is 7.14. The summed E-state index contributed by atoms with van der Waals surface area (Å²) in [6, 6.07) is 5.03. The number of benzene rings is 1. The number of aromatic nitrogens is 1. The maximum atomic E-state index is 13.1. The number of amides is 1. The molecule has 1 unspecified atom stereocenters. The van der Waals surface area contributed by atoms with Gasteiger partial charge < -0.3 is 15.8 Å². The monoisotopic (exact) mass is 323 g/mol. The zero-order valence-corrected chi connectivity index (χ0v) is 12.5. The average molecular weight is 323 g/mol. The first-order valence-corrected chi connectivity index (χ1v) is 7.22. The molecule has 1 aromatic carbocycles. The molecule has 6 nitrogen and oxygen atoms in total. The summed E-state index contributed by atoms with van der Waals surface area (Å²) in [6.45, 7) is 0. The summed E-state index contributed by atoms with van der Waals surface area (Å²) in [7, 11) is 1.24. The summed E-state index contributed by atoms with van der Waals surface area (Å²) in [6.07, 6.45) is 0.193. The standard InChI is InChI=1S/C14H14FN3O3S/c1-21-13(20)11-7-22-14(17-11)18-12(19)10(16)6-8-3-2-4-9(15)5-8/h2-5,7,10H,6,16H2,1H3,(H,17,18,19). The van der Waals surface area contributed by atoms with E-state index in [1.54, 1.807) is 12.1 Å². The van der Waals surface area contributed by atoms with Crippen molar-refractivity contribution >= 4 is 28.3 Å². The van der Waals surface area contributed by atoms with Crippen LogP contribution in [0, 0.1) is 5.82 Å². The molecule has 116 valence electrons. The van der Waals surface area contributed by atoms with E-state index < -0.39 is 17.9 Å². The van der Waals surface area contributed by atoms with Gasteiger partial charge in [0.25, 0.3) is 0 Å². The first-order valence-electron chi connectivity index (χ1n) is 6.34. The summed E-state index contributed by atoms with van der Waals surface area (Å²) in [5, 5.41) is 4.24. The maximum Gasteiger partial charge on any atom is 0.357 e. The number of hydrogen-bond acceptors (Lipinski definition) is 6. The van der Waals surface area contributed by atoms with Crippen LogP contribution in [-0.4, -0.2) is 30.0 Å². The Morgan fingerprint density at radius 1 is 1.50 bits per heavy atom. The number of halogens is 1. The van der Waals surface area contributed by atoms with Gasteiger partial charge in [-0.1, -0.05) is 12.1 Å². The van der Waals surface area contributed by atoms with Crippen molar-refractivity contribution in [1.82, 2.24) is 4.98 Å².